The first-order valence-corrected chi connectivity index (χ1v) is 11.4. The van der Waals surface area contributed by atoms with E-state index >= 15 is 0 Å². The van der Waals surface area contributed by atoms with Gasteiger partial charge in [0.2, 0.25) is 5.65 Å². The molecule has 11 heteroatoms. The van der Waals surface area contributed by atoms with E-state index in [4.69, 9.17) is 32.5 Å². The number of amides is 1. The highest BCUT2D eigenvalue weighted by Gasteiger charge is 2.29. The second-order valence-electron chi connectivity index (χ2n) is 8.02. The molecule has 0 radical (unpaired) electrons. The van der Waals surface area contributed by atoms with Crippen LogP contribution in [-0.4, -0.2) is 43.5 Å². The molecule has 1 amide bonds. The van der Waals surface area contributed by atoms with Crippen molar-refractivity contribution in [2.24, 2.45) is 0 Å². The molecule has 0 saturated carbocycles. The summed E-state index contributed by atoms with van der Waals surface area (Å²) >= 11 is 13.1. The summed E-state index contributed by atoms with van der Waals surface area (Å²) in [5.41, 5.74) is 3.47. The molecular formula is C24H15Cl2N5O4. The molecule has 3 aromatic heterocycles. The fraction of sp³-hybridized carbons (Fsp3) is 0.125. The monoisotopic (exact) mass is 507 g/mol. The summed E-state index contributed by atoms with van der Waals surface area (Å²) < 4.78 is 5.42. The highest BCUT2D eigenvalue weighted by Crippen LogP contribution is 2.35. The lowest BCUT2D eigenvalue weighted by Crippen LogP contribution is -2.36. The van der Waals surface area contributed by atoms with Gasteiger partial charge in [0.15, 0.2) is 0 Å². The van der Waals surface area contributed by atoms with Crippen molar-refractivity contribution < 1.29 is 18.8 Å². The zero-order valence-electron chi connectivity index (χ0n) is 17.9. The van der Waals surface area contributed by atoms with Crippen LogP contribution in [0.1, 0.15) is 31.8 Å². The van der Waals surface area contributed by atoms with Crippen molar-refractivity contribution >= 4 is 57.2 Å². The summed E-state index contributed by atoms with van der Waals surface area (Å²) in [6, 6.07) is 12.2. The van der Waals surface area contributed by atoms with Crippen LogP contribution in [-0.2, 0) is 13.0 Å². The summed E-state index contributed by atoms with van der Waals surface area (Å²) in [4.78, 5) is 38.2. The van der Waals surface area contributed by atoms with Crippen molar-refractivity contribution in [3.05, 3.63) is 87.2 Å². The van der Waals surface area contributed by atoms with Gasteiger partial charge in [-0.05, 0) is 64.0 Å². The van der Waals surface area contributed by atoms with Crippen molar-refractivity contribution in [1.29, 1.82) is 0 Å². The lowest BCUT2D eigenvalue weighted by atomic mass is 9.96. The SMILES string of the molecule is O=C(On1nnc2cccnc21)c1c(Cl)cc2c(c1Cl)CCN(C(=O)c1ccc3ccoc3c1)C2. The molecule has 4 heterocycles. The summed E-state index contributed by atoms with van der Waals surface area (Å²) in [7, 11) is 0. The first-order chi connectivity index (χ1) is 17.0. The number of aromatic nitrogens is 4. The van der Waals surface area contributed by atoms with Crippen LogP contribution < -0.4 is 4.84 Å². The summed E-state index contributed by atoms with van der Waals surface area (Å²) in [6.45, 7) is 0.728. The summed E-state index contributed by atoms with van der Waals surface area (Å²) in [5.74, 6) is -0.916. The Hall–Kier alpha value is -3.95. The molecule has 0 unspecified atom stereocenters. The normalized spacial score (nSPS) is 13.3. The molecule has 9 nitrogen and oxygen atoms in total. The number of halogens is 2. The molecule has 6 rings (SSSR count). The number of benzene rings is 2. The Balaban J connectivity index is 1.26. The van der Waals surface area contributed by atoms with Crippen LogP contribution in [0.5, 0.6) is 0 Å². The van der Waals surface area contributed by atoms with Crippen molar-refractivity contribution in [1.82, 2.24) is 25.0 Å². The topological polar surface area (TPSA) is 103 Å². The second-order valence-corrected chi connectivity index (χ2v) is 8.81. The quantitative estimate of drug-likeness (QED) is 0.334. The molecule has 174 valence electrons. The minimum atomic E-state index is -0.787. The summed E-state index contributed by atoms with van der Waals surface area (Å²) in [5, 5.41) is 8.95. The Kier molecular flexibility index (Phi) is 5.16. The predicted octanol–water partition coefficient (Wildman–Crippen LogP) is 4.35. The molecule has 0 fully saturated rings. The van der Waals surface area contributed by atoms with E-state index in [2.05, 4.69) is 15.3 Å². The van der Waals surface area contributed by atoms with E-state index in [9.17, 15) is 9.59 Å². The third-order valence-corrected chi connectivity index (χ3v) is 6.66. The van der Waals surface area contributed by atoms with Gasteiger partial charge in [-0.25, -0.2) is 9.78 Å². The van der Waals surface area contributed by atoms with E-state index in [0.717, 1.165) is 21.4 Å². The molecule has 1 aliphatic heterocycles. The maximum Gasteiger partial charge on any atom is 0.368 e. The zero-order valence-corrected chi connectivity index (χ0v) is 19.5. The van der Waals surface area contributed by atoms with Gasteiger partial charge in [0.25, 0.3) is 5.91 Å². The zero-order chi connectivity index (χ0) is 24.1. The van der Waals surface area contributed by atoms with Crippen molar-refractivity contribution in [3.8, 4) is 0 Å². The van der Waals surface area contributed by atoms with E-state index in [1.165, 1.54) is 6.20 Å². The highest BCUT2D eigenvalue weighted by atomic mass is 35.5. The standard InChI is InChI=1S/C24H15Cl2N5O4/c25-17-10-15-12-30(23(32)14-4-3-13-6-9-34-19(13)11-14)8-5-16(15)21(26)20(17)24(33)35-31-22-18(28-29-31)2-1-7-27-22/h1-4,6-7,9-11H,5,8,12H2. The first kappa shape index (κ1) is 21.6. The van der Waals surface area contributed by atoms with Crippen molar-refractivity contribution in [2.45, 2.75) is 13.0 Å². The number of rotatable bonds is 3. The molecule has 0 saturated heterocycles. The van der Waals surface area contributed by atoms with Crippen molar-refractivity contribution in [3.63, 3.8) is 0 Å². The minimum Gasteiger partial charge on any atom is -0.464 e. The Morgan fingerprint density at radius 3 is 2.89 bits per heavy atom. The summed E-state index contributed by atoms with van der Waals surface area (Å²) in [6.07, 6.45) is 3.58. The van der Waals surface area contributed by atoms with Crippen LogP contribution in [0.3, 0.4) is 0 Å². The van der Waals surface area contributed by atoms with Gasteiger partial charge in [-0.15, -0.1) is 5.10 Å². The van der Waals surface area contributed by atoms with E-state index < -0.39 is 5.97 Å². The van der Waals surface area contributed by atoms with Gasteiger partial charge in [-0.2, -0.15) is 0 Å². The molecule has 35 heavy (non-hydrogen) atoms. The molecular weight excluding hydrogens is 493 g/mol. The van der Waals surface area contributed by atoms with Crippen LogP contribution in [0, 0.1) is 0 Å². The van der Waals surface area contributed by atoms with Gasteiger partial charge in [-0.3, -0.25) is 4.79 Å². The number of hydrogen-bond donors (Lipinski definition) is 0. The average molecular weight is 508 g/mol. The molecule has 0 aliphatic carbocycles. The average Bonchev–Trinajstić information content (AvgIpc) is 3.50. The van der Waals surface area contributed by atoms with Crippen LogP contribution >= 0.6 is 23.2 Å². The fourth-order valence-corrected chi connectivity index (χ4v) is 4.96. The largest absolute Gasteiger partial charge is 0.464 e. The molecule has 0 N–H and O–H groups in total. The Morgan fingerprint density at radius 1 is 1.11 bits per heavy atom. The number of furan rings is 1. The molecule has 0 spiro atoms. The lowest BCUT2D eigenvalue weighted by Gasteiger charge is -2.30. The Bertz CT molecular complexity index is 1640. The molecule has 0 atom stereocenters. The number of hydrogen-bond acceptors (Lipinski definition) is 7. The fourth-order valence-electron chi connectivity index (χ4n) is 4.21. The molecule has 0 bridgehead atoms. The molecule has 2 aromatic carbocycles. The third-order valence-electron chi connectivity index (χ3n) is 5.95. The first-order valence-electron chi connectivity index (χ1n) is 10.6. The number of pyridine rings is 1. The second kappa shape index (κ2) is 8.37. The van der Waals surface area contributed by atoms with Gasteiger partial charge in [0.05, 0.1) is 21.9 Å². The van der Waals surface area contributed by atoms with Crippen LogP contribution in [0.4, 0.5) is 0 Å². The number of nitrogens with zero attached hydrogens (tertiary/aromatic N) is 5. The van der Waals surface area contributed by atoms with Gasteiger partial charge >= 0.3 is 5.97 Å². The van der Waals surface area contributed by atoms with Crippen LogP contribution in [0.2, 0.25) is 10.0 Å². The molecule has 5 aromatic rings. The van der Waals surface area contributed by atoms with Gasteiger partial charge in [0, 0.05) is 30.2 Å². The Labute approximate surface area is 207 Å². The Morgan fingerprint density at radius 2 is 2.00 bits per heavy atom. The highest BCUT2D eigenvalue weighted by molar-refractivity contribution is 6.40. The van der Waals surface area contributed by atoms with Crippen LogP contribution in [0.25, 0.3) is 22.1 Å². The van der Waals surface area contributed by atoms with E-state index in [0.29, 0.717) is 36.2 Å². The smallest absolute Gasteiger partial charge is 0.368 e. The van der Waals surface area contributed by atoms with E-state index in [1.807, 2.05) is 12.1 Å². The number of carbonyl (C=O) groups excluding carboxylic acids is 2. The van der Waals surface area contributed by atoms with Gasteiger partial charge < -0.3 is 14.2 Å². The lowest BCUT2D eigenvalue weighted by molar-refractivity contribution is 0.0405. The van der Waals surface area contributed by atoms with Gasteiger partial charge in [-0.1, -0.05) is 29.3 Å². The number of carbonyl (C=O) groups is 2. The van der Waals surface area contributed by atoms with E-state index in [1.54, 1.807) is 41.5 Å². The third kappa shape index (κ3) is 3.69. The van der Waals surface area contributed by atoms with Crippen molar-refractivity contribution in [2.75, 3.05) is 6.54 Å². The minimum absolute atomic E-state index is 0.0229. The maximum absolute atomic E-state index is 13.1. The van der Waals surface area contributed by atoms with E-state index in [-0.39, 0.29) is 27.2 Å². The predicted molar refractivity (Wildman–Crippen MR) is 127 cm³/mol. The number of fused-ring (bicyclic) bond motifs is 3. The molecule has 1 aliphatic rings. The van der Waals surface area contributed by atoms with Crippen LogP contribution in [0.15, 0.2) is 59.3 Å². The van der Waals surface area contributed by atoms with Gasteiger partial charge in [0.1, 0.15) is 11.1 Å². The maximum atomic E-state index is 13.1.